The van der Waals surface area contributed by atoms with E-state index in [-0.39, 0.29) is 12.3 Å². The molecule has 0 saturated carbocycles. The van der Waals surface area contributed by atoms with Gasteiger partial charge in [0.05, 0.1) is 0 Å². The summed E-state index contributed by atoms with van der Waals surface area (Å²) in [5.74, 6) is 3.05. The van der Waals surface area contributed by atoms with E-state index in [4.69, 9.17) is 10.9 Å². The van der Waals surface area contributed by atoms with E-state index in [9.17, 15) is 15.0 Å². The number of carbonyl (C=O) groups is 1. The van der Waals surface area contributed by atoms with Crippen molar-refractivity contribution in [3.63, 3.8) is 0 Å². The quantitative estimate of drug-likeness (QED) is 0.217. The molecule has 86 valence electrons. The van der Waals surface area contributed by atoms with E-state index in [2.05, 4.69) is 0 Å². The predicted molar refractivity (Wildman–Crippen MR) is 57.4 cm³/mol. The van der Waals surface area contributed by atoms with Crippen LogP contribution in [0.15, 0.2) is 18.2 Å². The van der Waals surface area contributed by atoms with Crippen LogP contribution in [0.1, 0.15) is 12.0 Å². The number of hydrogen-bond donors (Lipinski definition) is 5. The molecule has 1 aromatic carbocycles. The summed E-state index contributed by atoms with van der Waals surface area (Å²) in [5, 5.41) is 27.7. The third-order valence-corrected chi connectivity index (χ3v) is 1.92. The number of benzene rings is 1. The summed E-state index contributed by atoms with van der Waals surface area (Å²) in [6, 6.07) is 2.64. The van der Waals surface area contributed by atoms with Gasteiger partial charge in [0.15, 0.2) is 11.5 Å². The highest BCUT2D eigenvalue weighted by molar-refractivity contribution is 5.78. The van der Waals surface area contributed by atoms with Gasteiger partial charge in [0.1, 0.15) is 0 Å². The topological polar surface area (TPSA) is 116 Å². The number of phenolic OH excluding ortho intramolecular Hbond substituents is 3. The van der Waals surface area contributed by atoms with Crippen molar-refractivity contribution in [2.45, 2.75) is 6.42 Å². The molecule has 6 heteroatoms. The van der Waals surface area contributed by atoms with E-state index < -0.39 is 17.2 Å². The molecule has 0 bridgehead atoms. The highest BCUT2D eigenvalue weighted by atomic mass is 16.3. The lowest BCUT2D eigenvalue weighted by atomic mass is 10.1. The Morgan fingerprint density at radius 2 is 2.00 bits per heavy atom. The number of nitrogens with two attached hydrogens (primary N) is 1. The van der Waals surface area contributed by atoms with Crippen LogP contribution in [0.4, 0.5) is 0 Å². The van der Waals surface area contributed by atoms with Crippen molar-refractivity contribution in [1.29, 1.82) is 0 Å². The number of nitrogens with one attached hydrogen (secondary N) is 1. The molecule has 0 fully saturated rings. The normalized spacial score (nSPS) is 10.6. The van der Waals surface area contributed by atoms with Gasteiger partial charge in [-0.1, -0.05) is 12.2 Å². The van der Waals surface area contributed by atoms with E-state index in [1.54, 1.807) is 0 Å². The number of phenols is 3. The van der Waals surface area contributed by atoms with Crippen LogP contribution in [-0.4, -0.2) is 21.2 Å². The van der Waals surface area contributed by atoms with Gasteiger partial charge in [-0.05, 0) is 12.1 Å². The lowest BCUT2D eigenvalue weighted by Gasteiger charge is -2.03. The smallest absolute Gasteiger partial charge is 0.237 e. The Bertz CT molecular complexity index is 429. The molecule has 0 unspecified atom stereocenters. The van der Waals surface area contributed by atoms with Gasteiger partial charge in [0.2, 0.25) is 11.7 Å². The molecule has 16 heavy (non-hydrogen) atoms. The Hall–Kier alpha value is -2.21. The fourth-order valence-corrected chi connectivity index (χ4v) is 1.07. The minimum Gasteiger partial charge on any atom is -0.504 e. The zero-order valence-electron chi connectivity index (χ0n) is 8.34. The number of hydrazine groups is 1. The van der Waals surface area contributed by atoms with Crippen molar-refractivity contribution in [2.24, 2.45) is 5.84 Å². The highest BCUT2D eigenvalue weighted by Gasteiger charge is 2.08. The Balaban J connectivity index is 2.82. The van der Waals surface area contributed by atoms with Crippen molar-refractivity contribution in [3.05, 3.63) is 23.8 Å². The lowest BCUT2D eigenvalue weighted by molar-refractivity contribution is -0.120. The maximum atomic E-state index is 10.8. The lowest BCUT2D eigenvalue weighted by Crippen LogP contribution is -2.29. The first-order valence-corrected chi connectivity index (χ1v) is 4.46. The summed E-state index contributed by atoms with van der Waals surface area (Å²) in [6.07, 6.45) is 2.95. The molecule has 1 rings (SSSR count). The summed E-state index contributed by atoms with van der Waals surface area (Å²) in [6.45, 7) is 0. The van der Waals surface area contributed by atoms with Gasteiger partial charge >= 0.3 is 0 Å². The van der Waals surface area contributed by atoms with E-state index in [1.807, 2.05) is 5.43 Å². The molecule has 0 aliphatic carbocycles. The van der Waals surface area contributed by atoms with Crippen LogP contribution in [0.25, 0.3) is 6.08 Å². The van der Waals surface area contributed by atoms with E-state index >= 15 is 0 Å². The number of aromatic hydroxyl groups is 3. The van der Waals surface area contributed by atoms with E-state index in [0.717, 1.165) is 0 Å². The van der Waals surface area contributed by atoms with Crippen LogP contribution in [0.3, 0.4) is 0 Å². The second-order valence-electron chi connectivity index (χ2n) is 3.05. The van der Waals surface area contributed by atoms with Gasteiger partial charge < -0.3 is 15.3 Å². The molecule has 0 atom stereocenters. The van der Waals surface area contributed by atoms with Gasteiger partial charge in [0, 0.05) is 12.0 Å². The first-order valence-electron chi connectivity index (χ1n) is 4.46. The van der Waals surface area contributed by atoms with Crippen LogP contribution in [-0.2, 0) is 4.79 Å². The zero-order chi connectivity index (χ0) is 12.1. The maximum Gasteiger partial charge on any atom is 0.237 e. The number of amides is 1. The molecular weight excluding hydrogens is 212 g/mol. The fourth-order valence-electron chi connectivity index (χ4n) is 1.07. The number of carbonyl (C=O) groups excluding carboxylic acids is 1. The fraction of sp³-hybridized carbons (Fsp3) is 0.100. The molecule has 0 radical (unpaired) electrons. The molecule has 0 aromatic heterocycles. The van der Waals surface area contributed by atoms with E-state index in [1.165, 1.54) is 24.3 Å². The van der Waals surface area contributed by atoms with Gasteiger partial charge in [-0.3, -0.25) is 10.2 Å². The number of hydrogen-bond acceptors (Lipinski definition) is 5. The highest BCUT2D eigenvalue weighted by Crippen LogP contribution is 2.37. The second-order valence-corrected chi connectivity index (χ2v) is 3.05. The largest absolute Gasteiger partial charge is 0.504 e. The van der Waals surface area contributed by atoms with E-state index in [0.29, 0.717) is 5.56 Å². The molecule has 1 amide bonds. The average molecular weight is 224 g/mol. The average Bonchev–Trinajstić information content (AvgIpc) is 2.29. The first kappa shape index (κ1) is 11.9. The Kier molecular flexibility index (Phi) is 3.73. The maximum absolute atomic E-state index is 10.8. The number of rotatable bonds is 3. The summed E-state index contributed by atoms with van der Waals surface area (Å²) in [7, 11) is 0. The van der Waals surface area contributed by atoms with Gasteiger partial charge in [-0.25, -0.2) is 5.84 Å². The minimum atomic E-state index is -0.592. The van der Waals surface area contributed by atoms with Crippen LogP contribution >= 0.6 is 0 Å². The van der Waals surface area contributed by atoms with Crippen LogP contribution in [0, 0.1) is 0 Å². The monoisotopic (exact) mass is 224 g/mol. The van der Waals surface area contributed by atoms with Crippen molar-refractivity contribution < 1.29 is 20.1 Å². The Labute approximate surface area is 91.6 Å². The standard InChI is InChI=1S/C10H12N2O4/c11-12-8(14)3-1-2-6-4-5-7(13)10(16)9(6)15/h1-2,4-5,13,15-16H,3,11H2,(H,12,14). The van der Waals surface area contributed by atoms with Gasteiger partial charge in [0.25, 0.3) is 0 Å². The minimum absolute atomic E-state index is 0.0532. The predicted octanol–water partition coefficient (Wildman–Crippen LogP) is 0.197. The molecule has 0 saturated heterocycles. The molecule has 0 aliphatic heterocycles. The van der Waals surface area contributed by atoms with Crippen molar-refractivity contribution in [1.82, 2.24) is 5.43 Å². The van der Waals surface area contributed by atoms with Crippen molar-refractivity contribution in [2.75, 3.05) is 0 Å². The zero-order valence-corrected chi connectivity index (χ0v) is 8.34. The third-order valence-electron chi connectivity index (χ3n) is 1.92. The van der Waals surface area contributed by atoms with Crippen molar-refractivity contribution >= 4 is 12.0 Å². The summed E-state index contributed by atoms with van der Waals surface area (Å²) in [4.78, 5) is 10.8. The molecule has 0 heterocycles. The second kappa shape index (κ2) is 5.04. The first-order chi connectivity index (χ1) is 7.56. The molecule has 6 N–H and O–H groups in total. The molecule has 0 spiro atoms. The SMILES string of the molecule is NNC(=O)CC=Cc1ccc(O)c(O)c1O. The Morgan fingerprint density at radius 1 is 1.31 bits per heavy atom. The molecular formula is C10H12N2O4. The van der Waals surface area contributed by atoms with Crippen LogP contribution in [0.2, 0.25) is 0 Å². The summed E-state index contributed by atoms with van der Waals surface area (Å²) >= 11 is 0. The Morgan fingerprint density at radius 3 is 2.62 bits per heavy atom. The molecule has 1 aromatic rings. The molecule has 0 aliphatic rings. The third kappa shape index (κ3) is 2.64. The van der Waals surface area contributed by atoms with Crippen LogP contribution in [0.5, 0.6) is 17.2 Å². The summed E-state index contributed by atoms with van der Waals surface area (Å²) < 4.78 is 0. The van der Waals surface area contributed by atoms with Gasteiger partial charge in [-0.15, -0.1) is 0 Å². The summed E-state index contributed by atoms with van der Waals surface area (Å²) in [5.41, 5.74) is 2.24. The van der Waals surface area contributed by atoms with Crippen molar-refractivity contribution in [3.8, 4) is 17.2 Å². The van der Waals surface area contributed by atoms with Gasteiger partial charge in [-0.2, -0.15) is 0 Å². The molecule has 6 nitrogen and oxygen atoms in total. The van der Waals surface area contributed by atoms with Crippen LogP contribution < -0.4 is 11.3 Å².